The molecular weight excluding hydrogens is 196 g/mol. The van der Waals surface area contributed by atoms with E-state index in [1.54, 1.807) is 5.57 Å². The van der Waals surface area contributed by atoms with E-state index in [2.05, 4.69) is 16.3 Å². The third-order valence-corrected chi connectivity index (χ3v) is 4.36. The van der Waals surface area contributed by atoms with Gasteiger partial charge in [-0.3, -0.25) is 0 Å². The highest BCUT2D eigenvalue weighted by Gasteiger charge is 2.33. The zero-order valence-electron chi connectivity index (χ0n) is 10.3. The summed E-state index contributed by atoms with van der Waals surface area (Å²) in [5, 5.41) is 3.68. The number of nitrogens with zero attached hydrogens (tertiary/aromatic N) is 1. The van der Waals surface area contributed by atoms with Crippen molar-refractivity contribution in [1.82, 2.24) is 10.2 Å². The van der Waals surface area contributed by atoms with Gasteiger partial charge in [0.15, 0.2) is 0 Å². The summed E-state index contributed by atoms with van der Waals surface area (Å²) in [5.74, 6) is 1.01. The highest BCUT2D eigenvalue weighted by atomic mass is 15.2. The standard InChI is InChI=1S/C14H24N2/c1-2-4-12(3-1)7-9-16-10-8-15-14(11-16)13-5-6-13/h3,13-15H,1-2,4-11H2. The lowest BCUT2D eigenvalue weighted by Gasteiger charge is -2.34. The maximum atomic E-state index is 3.68. The highest BCUT2D eigenvalue weighted by Crippen LogP contribution is 2.33. The molecule has 1 heterocycles. The minimum Gasteiger partial charge on any atom is -0.311 e. The molecular formula is C14H24N2. The molecule has 2 heteroatoms. The first-order chi connectivity index (χ1) is 7.92. The van der Waals surface area contributed by atoms with E-state index < -0.39 is 0 Å². The van der Waals surface area contributed by atoms with Gasteiger partial charge in [0.2, 0.25) is 0 Å². The molecule has 0 aromatic carbocycles. The Hall–Kier alpha value is -0.340. The molecule has 2 nitrogen and oxygen atoms in total. The third kappa shape index (κ3) is 2.67. The van der Waals surface area contributed by atoms with Gasteiger partial charge in [-0.1, -0.05) is 11.6 Å². The minimum absolute atomic E-state index is 0.811. The van der Waals surface area contributed by atoms with Crippen molar-refractivity contribution in [2.75, 3.05) is 26.2 Å². The van der Waals surface area contributed by atoms with E-state index in [4.69, 9.17) is 0 Å². The van der Waals surface area contributed by atoms with Gasteiger partial charge in [-0.15, -0.1) is 0 Å². The molecule has 0 amide bonds. The van der Waals surface area contributed by atoms with Gasteiger partial charge in [0.25, 0.3) is 0 Å². The van der Waals surface area contributed by atoms with Crippen LogP contribution in [0.1, 0.15) is 38.5 Å². The fourth-order valence-electron chi connectivity index (χ4n) is 3.13. The van der Waals surface area contributed by atoms with Crippen molar-refractivity contribution in [3.05, 3.63) is 11.6 Å². The van der Waals surface area contributed by atoms with E-state index in [1.807, 2.05) is 0 Å². The topological polar surface area (TPSA) is 15.3 Å². The molecule has 0 spiro atoms. The Balaban J connectivity index is 1.43. The smallest absolute Gasteiger partial charge is 0.0223 e. The van der Waals surface area contributed by atoms with Gasteiger partial charge >= 0.3 is 0 Å². The molecule has 1 saturated carbocycles. The van der Waals surface area contributed by atoms with Gasteiger partial charge in [-0.2, -0.15) is 0 Å². The lowest BCUT2D eigenvalue weighted by atomic mass is 10.1. The zero-order valence-corrected chi connectivity index (χ0v) is 10.3. The van der Waals surface area contributed by atoms with Crippen LogP contribution in [0.5, 0.6) is 0 Å². The van der Waals surface area contributed by atoms with Crippen LogP contribution < -0.4 is 5.32 Å². The first-order valence-electron chi connectivity index (χ1n) is 7.05. The highest BCUT2D eigenvalue weighted by molar-refractivity contribution is 5.07. The number of piperazine rings is 1. The molecule has 3 rings (SSSR count). The average Bonchev–Trinajstić information content (AvgIpc) is 3.05. The largest absolute Gasteiger partial charge is 0.311 e. The predicted molar refractivity (Wildman–Crippen MR) is 67.5 cm³/mol. The Morgan fingerprint density at radius 3 is 3.06 bits per heavy atom. The summed E-state index contributed by atoms with van der Waals surface area (Å²) in [6, 6.07) is 0.811. The van der Waals surface area contributed by atoms with Gasteiger partial charge < -0.3 is 10.2 Å². The molecule has 0 aromatic rings. The Morgan fingerprint density at radius 1 is 1.38 bits per heavy atom. The van der Waals surface area contributed by atoms with Crippen molar-refractivity contribution in [2.45, 2.75) is 44.6 Å². The first-order valence-corrected chi connectivity index (χ1v) is 7.05. The molecule has 1 unspecified atom stereocenters. The summed E-state index contributed by atoms with van der Waals surface area (Å²) in [6.45, 7) is 5.07. The molecule has 2 fully saturated rings. The molecule has 1 N–H and O–H groups in total. The summed E-state index contributed by atoms with van der Waals surface area (Å²) >= 11 is 0. The SMILES string of the molecule is C1=C(CCN2CCNC(C3CC3)C2)CCC1. The van der Waals surface area contributed by atoms with E-state index in [0.717, 1.165) is 12.0 Å². The zero-order chi connectivity index (χ0) is 10.8. The quantitative estimate of drug-likeness (QED) is 0.731. The second kappa shape index (κ2) is 4.89. The Labute approximate surface area is 99.1 Å². The molecule has 0 aromatic heterocycles. The van der Waals surface area contributed by atoms with Gasteiger partial charge in [-0.05, 0) is 44.4 Å². The maximum absolute atomic E-state index is 3.68. The Morgan fingerprint density at radius 2 is 2.31 bits per heavy atom. The van der Waals surface area contributed by atoms with Crippen LogP contribution in [0.2, 0.25) is 0 Å². The Bertz CT molecular complexity index is 268. The van der Waals surface area contributed by atoms with Crippen LogP contribution in [-0.4, -0.2) is 37.1 Å². The van der Waals surface area contributed by atoms with Crippen LogP contribution in [0, 0.1) is 5.92 Å². The molecule has 1 atom stereocenters. The summed E-state index contributed by atoms with van der Waals surface area (Å²) in [6.07, 6.45) is 10.9. The van der Waals surface area contributed by atoms with Crippen LogP contribution in [0.3, 0.4) is 0 Å². The summed E-state index contributed by atoms with van der Waals surface area (Å²) < 4.78 is 0. The van der Waals surface area contributed by atoms with Crippen molar-refractivity contribution in [2.24, 2.45) is 5.92 Å². The van der Waals surface area contributed by atoms with Crippen LogP contribution in [0.15, 0.2) is 11.6 Å². The van der Waals surface area contributed by atoms with E-state index in [-0.39, 0.29) is 0 Å². The average molecular weight is 220 g/mol. The monoisotopic (exact) mass is 220 g/mol. The summed E-state index contributed by atoms with van der Waals surface area (Å²) in [4.78, 5) is 2.68. The predicted octanol–water partition coefficient (Wildman–Crippen LogP) is 2.17. The van der Waals surface area contributed by atoms with Crippen LogP contribution in [-0.2, 0) is 0 Å². The van der Waals surface area contributed by atoms with Crippen molar-refractivity contribution in [1.29, 1.82) is 0 Å². The van der Waals surface area contributed by atoms with Crippen molar-refractivity contribution in [3.8, 4) is 0 Å². The normalized spacial score (nSPS) is 31.8. The molecule has 1 saturated heterocycles. The van der Waals surface area contributed by atoms with Crippen molar-refractivity contribution < 1.29 is 0 Å². The fraction of sp³-hybridized carbons (Fsp3) is 0.857. The van der Waals surface area contributed by atoms with Gasteiger partial charge in [0.05, 0.1) is 0 Å². The molecule has 90 valence electrons. The Kier molecular flexibility index (Phi) is 3.30. The van der Waals surface area contributed by atoms with E-state index >= 15 is 0 Å². The second-order valence-electron chi connectivity index (χ2n) is 5.70. The molecule has 0 bridgehead atoms. The lowest BCUT2D eigenvalue weighted by Crippen LogP contribution is -2.51. The molecule has 3 aliphatic rings. The van der Waals surface area contributed by atoms with Crippen molar-refractivity contribution in [3.63, 3.8) is 0 Å². The maximum Gasteiger partial charge on any atom is 0.0223 e. The number of hydrogen-bond acceptors (Lipinski definition) is 2. The summed E-state index contributed by atoms with van der Waals surface area (Å²) in [7, 11) is 0. The van der Waals surface area contributed by atoms with E-state index in [9.17, 15) is 0 Å². The first kappa shape index (κ1) is 10.8. The van der Waals surface area contributed by atoms with Crippen LogP contribution in [0.25, 0.3) is 0 Å². The van der Waals surface area contributed by atoms with Crippen LogP contribution in [0.4, 0.5) is 0 Å². The van der Waals surface area contributed by atoms with Gasteiger partial charge in [0, 0.05) is 32.2 Å². The molecule has 2 aliphatic carbocycles. The third-order valence-electron chi connectivity index (χ3n) is 4.36. The number of hydrogen-bond donors (Lipinski definition) is 1. The molecule has 1 aliphatic heterocycles. The summed E-state index contributed by atoms with van der Waals surface area (Å²) in [5.41, 5.74) is 1.72. The second-order valence-corrected chi connectivity index (χ2v) is 5.70. The lowest BCUT2D eigenvalue weighted by molar-refractivity contribution is 0.190. The minimum atomic E-state index is 0.811. The fourth-order valence-corrected chi connectivity index (χ4v) is 3.13. The number of nitrogens with one attached hydrogen (secondary N) is 1. The van der Waals surface area contributed by atoms with Gasteiger partial charge in [-0.25, -0.2) is 0 Å². The molecule has 0 radical (unpaired) electrons. The van der Waals surface area contributed by atoms with Crippen LogP contribution >= 0.6 is 0 Å². The van der Waals surface area contributed by atoms with E-state index in [0.29, 0.717) is 0 Å². The van der Waals surface area contributed by atoms with Crippen molar-refractivity contribution >= 4 is 0 Å². The molecule has 16 heavy (non-hydrogen) atoms. The van der Waals surface area contributed by atoms with E-state index in [1.165, 1.54) is 64.7 Å². The number of rotatable bonds is 4. The van der Waals surface area contributed by atoms with Gasteiger partial charge in [0.1, 0.15) is 0 Å². The number of allylic oxidation sites excluding steroid dienone is 1.